The SMILES string of the molecule is COc1ccc(/C=N\NC(=O)COc2ccc(C3SCCS3)cc2)cc1OC. The number of rotatable bonds is 8. The molecular weight excluding hydrogens is 396 g/mol. The van der Waals surface area contributed by atoms with Crippen molar-refractivity contribution in [1.29, 1.82) is 0 Å². The van der Waals surface area contributed by atoms with Crippen LogP contribution in [-0.2, 0) is 4.79 Å². The fraction of sp³-hybridized carbons (Fsp3) is 0.300. The largest absolute Gasteiger partial charge is 0.493 e. The molecule has 3 rings (SSSR count). The molecule has 8 heteroatoms. The second kappa shape index (κ2) is 10.3. The predicted molar refractivity (Wildman–Crippen MR) is 115 cm³/mol. The van der Waals surface area contributed by atoms with Crippen molar-refractivity contribution < 1.29 is 19.0 Å². The highest BCUT2D eigenvalue weighted by Crippen LogP contribution is 2.45. The van der Waals surface area contributed by atoms with Crippen molar-refractivity contribution in [1.82, 2.24) is 5.43 Å². The quantitative estimate of drug-likeness (QED) is 0.521. The number of nitrogens with zero attached hydrogens (tertiary/aromatic N) is 1. The van der Waals surface area contributed by atoms with E-state index in [2.05, 4.69) is 22.7 Å². The number of benzene rings is 2. The van der Waals surface area contributed by atoms with Crippen molar-refractivity contribution in [3.63, 3.8) is 0 Å². The maximum atomic E-state index is 11.9. The number of hydrogen-bond acceptors (Lipinski definition) is 7. The molecule has 0 spiro atoms. The van der Waals surface area contributed by atoms with Gasteiger partial charge in [0.15, 0.2) is 18.1 Å². The van der Waals surface area contributed by atoms with E-state index in [1.54, 1.807) is 26.4 Å². The van der Waals surface area contributed by atoms with Crippen molar-refractivity contribution in [3.8, 4) is 17.2 Å². The summed E-state index contributed by atoms with van der Waals surface area (Å²) in [5.41, 5.74) is 4.51. The van der Waals surface area contributed by atoms with E-state index in [-0.39, 0.29) is 12.5 Å². The average Bonchev–Trinajstić information content (AvgIpc) is 3.27. The zero-order valence-electron chi connectivity index (χ0n) is 15.7. The monoisotopic (exact) mass is 418 g/mol. The van der Waals surface area contributed by atoms with E-state index in [0.717, 1.165) is 5.56 Å². The van der Waals surface area contributed by atoms with Crippen LogP contribution in [0.15, 0.2) is 47.6 Å². The van der Waals surface area contributed by atoms with Gasteiger partial charge in [0, 0.05) is 11.5 Å². The van der Waals surface area contributed by atoms with Crippen molar-refractivity contribution >= 4 is 35.6 Å². The Kier molecular flexibility index (Phi) is 7.50. The summed E-state index contributed by atoms with van der Waals surface area (Å²) in [6, 6.07) is 13.3. The molecule has 1 aliphatic rings. The first-order valence-corrected chi connectivity index (χ1v) is 10.8. The number of amides is 1. The summed E-state index contributed by atoms with van der Waals surface area (Å²) < 4.78 is 16.4. The molecule has 1 fully saturated rings. The summed E-state index contributed by atoms with van der Waals surface area (Å²) in [6.07, 6.45) is 1.53. The first-order valence-electron chi connectivity index (χ1n) is 8.69. The fourth-order valence-corrected chi connectivity index (χ4v) is 5.42. The second-order valence-corrected chi connectivity index (χ2v) is 8.56. The summed E-state index contributed by atoms with van der Waals surface area (Å²) in [4.78, 5) is 11.9. The van der Waals surface area contributed by atoms with Crippen LogP contribution in [0, 0.1) is 0 Å². The van der Waals surface area contributed by atoms with Gasteiger partial charge in [-0.15, -0.1) is 23.5 Å². The first-order chi connectivity index (χ1) is 13.7. The number of carbonyl (C=O) groups excluding carboxylic acids is 1. The Morgan fingerprint density at radius 1 is 1.11 bits per heavy atom. The third kappa shape index (κ3) is 5.59. The molecule has 1 N–H and O–H groups in total. The van der Waals surface area contributed by atoms with Gasteiger partial charge in [0.25, 0.3) is 5.91 Å². The molecule has 1 heterocycles. The normalized spacial score (nSPS) is 14.2. The molecule has 0 radical (unpaired) electrons. The molecule has 2 aromatic carbocycles. The molecule has 1 aliphatic heterocycles. The maximum Gasteiger partial charge on any atom is 0.277 e. The highest BCUT2D eigenvalue weighted by molar-refractivity contribution is 8.19. The van der Waals surface area contributed by atoms with Crippen LogP contribution in [0.4, 0.5) is 0 Å². The van der Waals surface area contributed by atoms with Gasteiger partial charge in [-0.2, -0.15) is 5.10 Å². The Morgan fingerprint density at radius 2 is 1.82 bits per heavy atom. The topological polar surface area (TPSA) is 69.2 Å². The van der Waals surface area contributed by atoms with Gasteiger partial charge in [-0.1, -0.05) is 12.1 Å². The Labute approximate surface area is 173 Å². The Balaban J connectivity index is 1.46. The van der Waals surface area contributed by atoms with Crippen molar-refractivity contribution in [2.24, 2.45) is 5.10 Å². The Hall–Kier alpha value is -2.32. The van der Waals surface area contributed by atoms with E-state index in [9.17, 15) is 4.79 Å². The molecule has 148 valence electrons. The van der Waals surface area contributed by atoms with E-state index in [4.69, 9.17) is 14.2 Å². The van der Waals surface area contributed by atoms with Crippen LogP contribution in [0.25, 0.3) is 0 Å². The van der Waals surface area contributed by atoms with E-state index >= 15 is 0 Å². The third-order valence-electron chi connectivity index (χ3n) is 3.95. The van der Waals surface area contributed by atoms with Gasteiger partial charge >= 0.3 is 0 Å². The van der Waals surface area contributed by atoms with Crippen LogP contribution in [0.1, 0.15) is 15.7 Å². The van der Waals surface area contributed by atoms with Gasteiger partial charge in [0.2, 0.25) is 0 Å². The van der Waals surface area contributed by atoms with Crippen molar-refractivity contribution in [3.05, 3.63) is 53.6 Å². The molecule has 1 amide bonds. The number of hydrazone groups is 1. The number of thioether (sulfide) groups is 2. The average molecular weight is 419 g/mol. The highest BCUT2D eigenvalue weighted by atomic mass is 32.2. The molecule has 2 aromatic rings. The van der Waals surface area contributed by atoms with Crippen molar-refractivity contribution in [2.75, 3.05) is 32.3 Å². The summed E-state index contributed by atoms with van der Waals surface area (Å²) in [7, 11) is 3.14. The molecule has 28 heavy (non-hydrogen) atoms. The lowest BCUT2D eigenvalue weighted by molar-refractivity contribution is -0.123. The van der Waals surface area contributed by atoms with E-state index < -0.39 is 0 Å². The van der Waals surface area contributed by atoms with Crippen LogP contribution < -0.4 is 19.6 Å². The smallest absolute Gasteiger partial charge is 0.277 e. The molecule has 0 atom stereocenters. The van der Waals surface area contributed by atoms with E-state index in [0.29, 0.717) is 21.8 Å². The van der Waals surface area contributed by atoms with Crippen LogP contribution in [0.2, 0.25) is 0 Å². The van der Waals surface area contributed by atoms with E-state index in [1.807, 2.05) is 41.7 Å². The standard InChI is InChI=1S/C20H22N2O4S2/c1-24-17-8-3-14(11-18(17)25-2)12-21-22-19(23)13-26-16-6-4-15(5-7-16)20-27-9-10-28-20/h3-8,11-12,20H,9-10,13H2,1-2H3,(H,22,23)/b21-12-. The number of hydrogen-bond donors (Lipinski definition) is 1. The molecular formula is C20H22N2O4S2. The zero-order chi connectivity index (χ0) is 19.8. The minimum absolute atomic E-state index is 0.102. The second-order valence-electron chi connectivity index (χ2n) is 5.84. The first kappa shape index (κ1) is 20.4. The van der Waals surface area contributed by atoms with Gasteiger partial charge in [0.05, 0.1) is 25.0 Å². The lowest BCUT2D eigenvalue weighted by atomic mass is 10.2. The Bertz CT molecular complexity index is 821. The van der Waals surface area contributed by atoms with Crippen molar-refractivity contribution in [2.45, 2.75) is 4.58 Å². The summed E-state index contributed by atoms with van der Waals surface area (Å²) in [5.74, 6) is 3.94. The molecule has 0 bridgehead atoms. The molecule has 1 saturated heterocycles. The number of ether oxygens (including phenoxy) is 3. The van der Waals surface area contributed by atoms with Crippen LogP contribution in [-0.4, -0.2) is 44.5 Å². The highest BCUT2D eigenvalue weighted by Gasteiger charge is 2.17. The lowest BCUT2D eigenvalue weighted by Gasteiger charge is -2.10. The van der Waals surface area contributed by atoms with Gasteiger partial charge in [0.1, 0.15) is 5.75 Å². The minimum atomic E-state index is -0.331. The molecule has 0 saturated carbocycles. The van der Waals surface area contributed by atoms with Gasteiger partial charge in [-0.25, -0.2) is 5.43 Å². The number of nitrogens with one attached hydrogen (secondary N) is 1. The third-order valence-corrected chi connectivity index (χ3v) is 7.06. The molecule has 0 aliphatic carbocycles. The van der Waals surface area contributed by atoms with E-state index in [1.165, 1.54) is 23.3 Å². The summed E-state index contributed by atoms with van der Waals surface area (Å²) in [5, 5.41) is 3.94. The number of carbonyl (C=O) groups is 1. The predicted octanol–water partition coefficient (Wildman–Crippen LogP) is 3.71. The van der Waals surface area contributed by atoms with Gasteiger partial charge in [-0.3, -0.25) is 4.79 Å². The summed E-state index contributed by atoms with van der Waals surface area (Å²) >= 11 is 3.92. The van der Waals surface area contributed by atoms with Crippen LogP contribution in [0.5, 0.6) is 17.2 Å². The summed E-state index contributed by atoms with van der Waals surface area (Å²) in [6.45, 7) is -0.102. The van der Waals surface area contributed by atoms with Gasteiger partial charge in [-0.05, 0) is 41.5 Å². The van der Waals surface area contributed by atoms with Crippen LogP contribution >= 0.6 is 23.5 Å². The molecule has 0 unspecified atom stereocenters. The van der Waals surface area contributed by atoms with Crippen LogP contribution in [0.3, 0.4) is 0 Å². The van der Waals surface area contributed by atoms with Gasteiger partial charge < -0.3 is 14.2 Å². The Morgan fingerprint density at radius 3 is 2.50 bits per heavy atom. The molecule has 6 nitrogen and oxygen atoms in total. The number of methoxy groups -OCH3 is 2. The lowest BCUT2D eigenvalue weighted by Crippen LogP contribution is -2.24. The zero-order valence-corrected chi connectivity index (χ0v) is 17.3. The molecule has 0 aromatic heterocycles. The maximum absolute atomic E-state index is 11.9. The fourth-order valence-electron chi connectivity index (χ4n) is 2.57. The minimum Gasteiger partial charge on any atom is -0.493 e.